The normalized spacial score (nSPS) is 10.6. The number of benzene rings is 1. The average Bonchev–Trinajstić information content (AvgIpc) is 2.46. The summed E-state index contributed by atoms with van der Waals surface area (Å²) < 4.78 is 5.12. The number of rotatable bonds is 2. The van der Waals surface area contributed by atoms with Gasteiger partial charge in [0.05, 0.1) is 18.3 Å². The van der Waals surface area contributed by atoms with Gasteiger partial charge in [0.2, 0.25) is 0 Å². The first-order valence-corrected chi connectivity index (χ1v) is 5.94. The number of para-hydroxylation sites is 1. The largest absolute Gasteiger partial charge is 0.493 e. The molecule has 0 aliphatic carbocycles. The van der Waals surface area contributed by atoms with Crippen molar-refractivity contribution in [3.8, 4) is 17.0 Å². The van der Waals surface area contributed by atoms with Crippen molar-refractivity contribution in [2.45, 2.75) is 0 Å². The number of ether oxygens (including phenoxy) is 1. The summed E-state index contributed by atoms with van der Waals surface area (Å²) in [6.07, 6.45) is 1.78. The third kappa shape index (κ3) is 1.97. The number of pyridine rings is 2. The Morgan fingerprint density at radius 2 is 1.89 bits per heavy atom. The van der Waals surface area contributed by atoms with E-state index in [0.29, 0.717) is 11.6 Å². The summed E-state index contributed by atoms with van der Waals surface area (Å²) in [5.74, 6) is 0.963. The van der Waals surface area contributed by atoms with Crippen molar-refractivity contribution in [3.05, 3.63) is 48.7 Å². The monoisotopic (exact) mass is 251 g/mol. The quantitative estimate of drug-likeness (QED) is 0.760. The maximum atomic E-state index is 5.86. The summed E-state index contributed by atoms with van der Waals surface area (Å²) in [6, 6.07) is 13.7. The molecule has 19 heavy (non-hydrogen) atoms. The Bertz CT molecular complexity index is 735. The van der Waals surface area contributed by atoms with Gasteiger partial charge in [-0.1, -0.05) is 24.3 Å². The molecule has 0 spiro atoms. The van der Waals surface area contributed by atoms with Gasteiger partial charge in [0.15, 0.2) is 11.6 Å². The first kappa shape index (κ1) is 11.5. The molecule has 0 radical (unpaired) electrons. The first-order chi connectivity index (χ1) is 9.29. The van der Waals surface area contributed by atoms with Crippen molar-refractivity contribution in [1.82, 2.24) is 9.97 Å². The standard InChI is InChI=1S/C15H13N3O/c1-19-13-8-7-12(18-15(13)16)11-6-2-4-10-5-3-9-17-14(10)11/h2-9H,1H3,(H2,16,18). The summed E-state index contributed by atoms with van der Waals surface area (Å²) in [5.41, 5.74) is 8.53. The van der Waals surface area contributed by atoms with Gasteiger partial charge in [-0.05, 0) is 18.2 Å². The van der Waals surface area contributed by atoms with E-state index in [9.17, 15) is 0 Å². The van der Waals surface area contributed by atoms with Crippen LogP contribution in [0.3, 0.4) is 0 Å². The molecule has 3 rings (SSSR count). The number of aromatic nitrogens is 2. The molecule has 0 saturated heterocycles. The van der Waals surface area contributed by atoms with E-state index in [0.717, 1.165) is 22.2 Å². The molecule has 1 aromatic carbocycles. The van der Waals surface area contributed by atoms with Gasteiger partial charge in [0, 0.05) is 17.1 Å². The highest BCUT2D eigenvalue weighted by atomic mass is 16.5. The van der Waals surface area contributed by atoms with Crippen LogP contribution in [0.15, 0.2) is 48.7 Å². The van der Waals surface area contributed by atoms with Crippen LogP contribution in [-0.4, -0.2) is 17.1 Å². The van der Waals surface area contributed by atoms with E-state index in [2.05, 4.69) is 9.97 Å². The predicted molar refractivity (Wildman–Crippen MR) is 75.9 cm³/mol. The van der Waals surface area contributed by atoms with Crippen molar-refractivity contribution in [2.24, 2.45) is 0 Å². The highest BCUT2D eigenvalue weighted by molar-refractivity contribution is 5.92. The lowest BCUT2D eigenvalue weighted by Gasteiger charge is -2.08. The van der Waals surface area contributed by atoms with Gasteiger partial charge in [0.25, 0.3) is 0 Å². The van der Waals surface area contributed by atoms with Crippen LogP contribution in [0.2, 0.25) is 0 Å². The molecule has 3 aromatic rings. The Morgan fingerprint density at radius 1 is 1.05 bits per heavy atom. The van der Waals surface area contributed by atoms with E-state index < -0.39 is 0 Å². The Labute approximate surface area is 110 Å². The minimum absolute atomic E-state index is 0.382. The van der Waals surface area contributed by atoms with Crippen molar-refractivity contribution >= 4 is 16.7 Å². The lowest BCUT2D eigenvalue weighted by Crippen LogP contribution is -1.97. The second-order valence-corrected chi connectivity index (χ2v) is 4.16. The molecule has 0 amide bonds. The summed E-state index contributed by atoms with van der Waals surface area (Å²) in [7, 11) is 1.58. The van der Waals surface area contributed by atoms with Crippen LogP contribution < -0.4 is 10.5 Å². The van der Waals surface area contributed by atoms with Crippen LogP contribution in [-0.2, 0) is 0 Å². The molecule has 0 bridgehead atoms. The number of hydrogen-bond donors (Lipinski definition) is 1. The molecule has 0 aliphatic heterocycles. The third-order valence-electron chi connectivity index (χ3n) is 3.01. The van der Waals surface area contributed by atoms with E-state index in [-0.39, 0.29) is 0 Å². The number of fused-ring (bicyclic) bond motifs is 1. The van der Waals surface area contributed by atoms with Crippen LogP contribution >= 0.6 is 0 Å². The van der Waals surface area contributed by atoms with Gasteiger partial charge >= 0.3 is 0 Å². The van der Waals surface area contributed by atoms with Crippen molar-refractivity contribution < 1.29 is 4.74 Å². The highest BCUT2D eigenvalue weighted by Crippen LogP contribution is 2.28. The zero-order valence-electron chi connectivity index (χ0n) is 10.5. The molecular formula is C15H13N3O. The molecule has 2 N–H and O–H groups in total. The van der Waals surface area contributed by atoms with Gasteiger partial charge in [-0.25, -0.2) is 4.98 Å². The van der Waals surface area contributed by atoms with Gasteiger partial charge in [-0.15, -0.1) is 0 Å². The minimum Gasteiger partial charge on any atom is -0.493 e. The summed E-state index contributed by atoms with van der Waals surface area (Å²) >= 11 is 0. The highest BCUT2D eigenvalue weighted by Gasteiger charge is 2.08. The Morgan fingerprint density at radius 3 is 2.68 bits per heavy atom. The van der Waals surface area contributed by atoms with Crippen LogP contribution in [0.4, 0.5) is 5.82 Å². The zero-order chi connectivity index (χ0) is 13.2. The third-order valence-corrected chi connectivity index (χ3v) is 3.01. The number of nitrogens with two attached hydrogens (primary N) is 1. The van der Waals surface area contributed by atoms with E-state index in [4.69, 9.17) is 10.5 Å². The maximum Gasteiger partial charge on any atom is 0.166 e. The first-order valence-electron chi connectivity index (χ1n) is 5.94. The smallest absolute Gasteiger partial charge is 0.166 e. The molecule has 0 fully saturated rings. The van der Waals surface area contributed by atoms with Crippen molar-refractivity contribution in [3.63, 3.8) is 0 Å². The van der Waals surface area contributed by atoms with Gasteiger partial charge in [-0.3, -0.25) is 4.98 Å². The molecule has 0 saturated carbocycles. The zero-order valence-corrected chi connectivity index (χ0v) is 10.5. The van der Waals surface area contributed by atoms with Crippen LogP contribution in [0, 0.1) is 0 Å². The Hall–Kier alpha value is -2.62. The number of nitrogens with zero attached hydrogens (tertiary/aromatic N) is 2. The fourth-order valence-electron chi connectivity index (χ4n) is 2.10. The van der Waals surface area contributed by atoms with E-state index in [1.165, 1.54) is 0 Å². The lowest BCUT2D eigenvalue weighted by molar-refractivity contribution is 0.415. The van der Waals surface area contributed by atoms with E-state index in [1.54, 1.807) is 13.3 Å². The van der Waals surface area contributed by atoms with Gasteiger partial charge in [0.1, 0.15) is 0 Å². The van der Waals surface area contributed by atoms with Crippen LogP contribution in [0.1, 0.15) is 0 Å². The molecule has 0 aliphatic rings. The van der Waals surface area contributed by atoms with Crippen molar-refractivity contribution in [2.75, 3.05) is 12.8 Å². The molecule has 0 unspecified atom stereocenters. The molecular weight excluding hydrogens is 238 g/mol. The number of hydrogen-bond acceptors (Lipinski definition) is 4. The molecule has 2 heterocycles. The van der Waals surface area contributed by atoms with Crippen LogP contribution in [0.25, 0.3) is 22.2 Å². The predicted octanol–water partition coefficient (Wildman–Crippen LogP) is 2.89. The topological polar surface area (TPSA) is 61.0 Å². The molecule has 4 heteroatoms. The van der Waals surface area contributed by atoms with Gasteiger partial charge < -0.3 is 10.5 Å². The second-order valence-electron chi connectivity index (χ2n) is 4.16. The molecule has 4 nitrogen and oxygen atoms in total. The summed E-state index contributed by atoms with van der Waals surface area (Å²) in [5, 5.41) is 1.08. The lowest BCUT2D eigenvalue weighted by atomic mass is 10.1. The fourth-order valence-corrected chi connectivity index (χ4v) is 2.10. The van der Waals surface area contributed by atoms with Crippen LogP contribution in [0.5, 0.6) is 5.75 Å². The molecule has 0 atom stereocenters. The molecule has 2 aromatic heterocycles. The number of nitrogen functional groups attached to an aromatic ring is 1. The number of anilines is 1. The molecule has 94 valence electrons. The maximum absolute atomic E-state index is 5.86. The Kier molecular flexibility index (Phi) is 2.76. The van der Waals surface area contributed by atoms with E-state index in [1.807, 2.05) is 42.5 Å². The SMILES string of the molecule is COc1ccc(-c2cccc3cccnc23)nc1N. The summed E-state index contributed by atoms with van der Waals surface area (Å²) in [6.45, 7) is 0. The number of methoxy groups -OCH3 is 1. The van der Waals surface area contributed by atoms with Gasteiger partial charge in [-0.2, -0.15) is 0 Å². The minimum atomic E-state index is 0.382. The fraction of sp³-hybridized carbons (Fsp3) is 0.0667. The van der Waals surface area contributed by atoms with E-state index >= 15 is 0 Å². The van der Waals surface area contributed by atoms with Crippen molar-refractivity contribution in [1.29, 1.82) is 0 Å². The second kappa shape index (κ2) is 4.57. The Balaban J connectivity index is 2.22. The summed E-state index contributed by atoms with van der Waals surface area (Å²) in [4.78, 5) is 8.79. The average molecular weight is 251 g/mol.